The number of fused-ring (bicyclic) bond motifs is 1. The van der Waals surface area contributed by atoms with Crippen LogP contribution in [0.15, 0.2) is 24.3 Å². The molecule has 9 heteroatoms. The van der Waals surface area contributed by atoms with Gasteiger partial charge in [0.25, 0.3) is 5.69 Å². The number of nitrogens with zero attached hydrogens (tertiary/aromatic N) is 2. The molecule has 0 bridgehead atoms. The molecule has 25 heavy (non-hydrogen) atoms. The Kier molecular flexibility index (Phi) is 6.68. The zero-order chi connectivity index (χ0) is 19.1. The van der Waals surface area contributed by atoms with Crippen molar-refractivity contribution < 1.29 is 24.0 Å². The van der Waals surface area contributed by atoms with Gasteiger partial charge in [-0.25, -0.2) is 4.98 Å². The minimum Gasteiger partial charge on any atom is -0.394 e. The van der Waals surface area contributed by atoms with Crippen LogP contribution in [0.2, 0.25) is 0 Å². The molecule has 1 heterocycles. The molecule has 1 N–H and O–H groups in total. The van der Waals surface area contributed by atoms with E-state index in [1.165, 1.54) is 32.9 Å². The molecule has 0 aliphatic rings. The Balaban J connectivity index is 0.000000381. The minimum absolute atomic E-state index is 0.00426. The molecule has 1 aromatic heterocycles. The number of carbonyl (C=O) groups excluding carboxylic acids is 3. The van der Waals surface area contributed by atoms with Crippen LogP contribution in [0.5, 0.6) is 0 Å². The topological polar surface area (TPSA) is 128 Å². The fourth-order valence-electron chi connectivity index (χ4n) is 2.04. The van der Waals surface area contributed by atoms with Crippen molar-refractivity contribution in [2.24, 2.45) is 0 Å². The van der Waals surface area contributed by atoms with Crippen molar-refractivity contribution in [2.75, 3.05) is 5.32 Å². The Morgan fingerprint density at radius 1 is 1.12 bits per heavy atom. The number of esters is 2. The molecule has 2 rings (SSSR count). The molecule has 9 nitrogen and oxygen atoms in total. The lowest BCUT2D eigenvalue weighted by Crippen LogP contribution is -2.08. The van der Waals surface area contributed by atoms with Crippen molar-refractivity contribution in [1.29, 1.82) is 0 Å². The fourth-order valence-corrected chi connectivity index (χ4v) is 2.04. The van der Waals surface area contributed by atoms with Crippen LogP contribution in [0.1, 0.15) is 26.5 Å². The maximum atomic E-state index is 11.0. The van der Waals surface area contributed by atoms with Crippen LogP contribution in [0, 0.1) is 17.0 Å². The van der Waals surface area contributed by atoms with Crippen molar-refractivity contribution in [1.82, 2.24) is 4.98 Å². The first-order valence-corrected chi connectivity index (χ1v) is 7.13. The van der Waals surface area contributed by atoms with E-state index in [0.29, 0.717) is 22.3 Å². The first-order valence-electron chi connectivity index (χ1n) is 7.13. The van der Waals surface area contributed by atoms with Crippen molar-refractivity contribution in [3.05, 3.63) is 40.1 Å². The van der Waals surface area contributed by atoms with E-state index in [0.717, 1.165) is 0 Å². The van der Waals surface area contributed by atoms with Gasteiger partial charge in [0.05, 0.1) is 10.3 Å². The smallest absolute Gasteiger partial charge is 0.310 e. The minimum atomic E-state index is -0.562. The standard InChI is InChI=1S/C12H11N3O3.C4H6O3/c1-7-9-4-3-5-11(15(17)18)10(9)6-12(13-7)14-8(2)16;1-3(5)7-4(2)6/h3-6H,1-2H3,(H,13,14,16);1-2H3. The Labute approximate surface area is 143 Å². The molecule has 0 saturated carbocycles. The maximum Gasteiger partial charge on any atom is 0.310 e. The van der Waals surface area contributed by atoms with Crippen molar-refractivity contribution in [3.8, 4) is 0 Å². The predicted molar refractivity (Wildman–Crippen MR) is 89.9 cm³/mol. The maximum absolute atomic E-state index is 11.0. The summed E-state index contributed by atoms with van der Waals surface area (Å²) in [4.78, 5) is 45.3. The van der Waals surface area contributed by atoms with E-state index in [1.807, 2.05) is 0 Å². The van der Waals surface area contributed by atoms with Gasteiger partial charge < -0.3 is 10.1 Å². The van der Waals surface area contributed by atoms with Crippen LogP contribution in [-0.4, -0.2) is 27.8 Å². The molecular formula is C16H17N3O6. The molecule has 0 aliphatic heterocycles. The second kappa shape index (κ2) is 8.48. The van der Waals surface area contributed by atoms with Crippen LogP contribution >= 0.6 is 0 Å². The van der Waals surface area contributed by atoms with E-state index in [4.69, 9.17) is 0 Å². The third-order valence-electron chi connectivity index (χ3n) is 2.83. The van der Waals surface area contributed by atoms with E-state index in [2.05, 4.69) is 15.0 Å². The van der Waals surface area contributed by atoms with Crippen LogP contribution in [0.3, 0.4) is 0 Å². The first kappa shape index (κ1) is 19.7. The number of rotatable bonds is 2. The summed E-state index contributed by atoms with van der Waals surface area (Å²) in [7, 11) is 0. The number of carbonyl (C=O) groups is 3. The molecule has 1 amide bonds. The molecule has 0 unspecified atom stereocenters. The number of ether oxygens (including phenoxy) is 1. The molecule has 0 radical (unpaired) electrons. The summed E-state index contributed by atoms with van der Waals surface area (Å²) in [6.45, 7) is 5.47. The molecule has 0 saturated heterocycles. The van der Waals surface area contributed by atoms with E-state index in [9.17, 15) is 24.5 Å². The number of nitro groups is 1. The summed E-state index contributed by atoms with van der Waals surface area (Å²) < 4.78 is 3.97. The molecule has 1 aromatic carbocycles. The highest BCUT2D eigenvalue weighted by atomic mass is 16.6. The third kappa shape index (κ3) is 5.98. The number of anilines is 1. The van der Waals surface area contributed by atoms with Gasteiger partial charge in [-0.1, -0.05) is 12.1 Å². The van der Waals surface area contributed by atoms with Crippen LogP contribution in [0.25, 0.3) is 10.8 Å². The lowest BCUT2D eigenvalue weighted by atomic mass is 10.1. The summed E-state index contributed by atoms with van der Waals surface area (Å²) in [6.07, 6.45) is 0. The zero-order valence-corrected chi connectivity index (χ0v) is 14.2. The van der Waals surface area contributed by atoms with Gasteiger partial charge in [-0.3, -0.25) is 24.5 Å². The number of nitro benzene ring substituents is 1. The van der Waals surface area contributed by atoms with Crippen molar-refractivity contribution >= 4 is 40.1 Å². The van der Waals surface area contributed by atoms with Gasteiger partial charge >= 0.3 is 11.9 Å². The highest BCUT2D eigenvalue weighted by molar-refractivity contribution is 5.96. The third-order valence-corrected chi connectivity index (χ3v) is 2.83. The van der Waals surface area contributed by atoms with Crippen LogP contribution in [-0.2, 0) is 19.1 Å². The van der Waals surface area contributed by atoms with Crippen LogP contribution in [0.4, 0.5) is 11.5 Å². The lowest BCUT2D eigenvalue weighted by molar-refractivity contribution is -0.383. The molecular weight excluding hydrogens is 330 g/mol. The largest absolute Gasteiger partial charge is 0.394 e. The predicted octanol–water partition coefficient (Wildman–Crippen LogP) is 2.51. The van der Waals surface area contributed by atoms with E-state index in [1.54, 1.807) is 19.1 Å². The Morgan fingerprint density at radius 3 is 2.16 bits per heavy atom. The average molecular weight is 347 g/mol. The van der Waals surface area contributed by atoms with Gasteiger partial charge in [0.1, 0.15) is 5.82 Å². The summed E-state index contributed by atoms with van der Waals surface area (Å²) in [5.41, 5.74) is 0.643. The van der Waals surface area contributed by atoms with Crippen molar-refractivity contribution in [2.45, 2.75) is 27.7 Å². The quantitative estimate of drug-likeness (QED) is 0.382. The number of hydrogen-bond acceptors (Lipinski definition) is 7. The van der Waals surface area contributed by atoms with Crippen LogP contribution < -0.4 is 5.32 Å². The number of hydrogen-bond donors (Lipinski definition) is 1. The summed E-state index contributed by atoms with van der Waals surface area (Å²) in [6, 6.07) is 6.33. The van der Waals surface area contributed by atoms with E-state index >= 15 is 0 Å². The fraction of sp³-hybridized carbons (Fsp3) is 0.250. The summed E-state index contributed by atoms with van der Waals surface area (Å²) in [5, 5.41) is 14.7. The number of amides is 1. The molecule has 132 valence electrons. The number of nitrogens with one attached hydrogen (secondary N) is 1. The Morgan fingerprint density at radius 2 is 1.72 bits per heavy atom. The molecule has 0 fully saturated rings. The monoisotopic (exact) mass is 347 g/mol. The SMILES string of the molecule is CC(=O)Nc1cc2c([N+](=O)[O-])cccc2c(C)n1.CC(=O)OC(C)=O. The van der Waals surface area contributed by atoms with Gasteiger partial charge in [-0.15, -0.1) is 0 Å². The molecule has 0 aliphatic carbocycles. The van der Waals surface area contributed by atoms with Gasteiger partial charge in [-0.2, -0.15) is 0 Å². The number of benzene rings is 1. The number of pyridine rings is 1. The normalized spacial score (nSPS) is 9.60. The van der Waals surface area contributed by atoms with Gasteiger partial charge in [0.15, 0.2) is 0 Å². The van der Waals surface area contributed by atoms with Crippen molar-refractivity contribution in [3.63, 3.8) is 0 Å². The number of aromatic nitrogens is 1. The van der Waals surface area contributed by atoms with E-state index < -0.39 is 16.9 Å². The highest BCUT2D eigenvalue weighted by Crippen LogP contribution is 2.28. The molecule has 0 atom stereocenters. The first-order chi connectivity index (χ1) is 11.6. The Bertz CT molecular complexity index is 835. The van der Waals surface area contributed by atoms with Gasteiger partial charge in [0.2, 0.25) is 5.91 Å². The second-order valence-corrected chi connectivity index (χ2v) is 4.99. The average Bonchev–Trinajstić information content (AvgIpc) is 2.45. The van der Waals surface area contributed by atoms with Gasteiger partial charge in [0, 0.05) is 37.9 Å². The number of aryl methyl sites for hydroxylation is 1. The van der Waals surface area contributed by atoms with E-state index in [-0.39, 0.29) is 11.6 Å². The highest BCUT2D eigenvalue weighted by Gasteiger charge is 2.14. The van der Waals surface area contributed by atoms with Gasteiger partial charge in [-0.05, 0) is 13.0 Å². The lowest BCUT2D eigenvalue weighted by Gasteiger charge is -2.06. The second-order valence-electron chi connectivity index (χ2n) is 4.99. The summed E-state index contributed by atoms with van der Waals surface area (Å²) >= 11 is 0. The number of non-ortho nitro benzene ring substituents is 1. The molecule has 2 aromatic rings. The molecule has 0 spiro atoms. The zero-order valence-electron chi connectivity index (χ0n) is 14.2. The summed E-state index contributed by atoms with van der Waals surface area (Å²) in [5.74, 6) is -1.07. The Hall–Kier alpha value is -3.36.